The number of nitrogens with one attached hydrogen (secondary N) is 1. The molecule has 1 N–H and O–H groups in total. The van der Waals surface area contributed by atoms with Gasteiger partial charge in [0.25, 0.3) is 5.56 Å². The Kier molecular flexibility index (Phi) is 5.26. The van der Waals surface area contributed by atoms with Gasteiger partial charge in [0.15, 0.2) is 0 Å². The number of carbonyl (C=O) groups excluding carboxylic acids is 1. The van der Waals surface area contributed by atoms with Crippen molar-refractivity contribution in [3.63, 3.8) is 0 Å². The zero-order valence-corrected chi connectivity index (χ0v) is 15.7. The van der Waals surface area contributed by atoms with Gasteiger partial charge in [0.2, 0.25) is 5.91 Å². The molecule has 2 aromatic carbocycles. The molecule has 140 valence electrons. The van der Waals surface area contributed by atoms with Gasteiger partial charge in [0, 0.05) is 12.2 Å². The summed E-state index contributed by atoms with van der Waals surface area (Å²) in [5.74, 6) is 0.0932. The van der Waals surface area contributed by atoms with Crippen LogP contribution in [0, 0.1) is 0 Å². The molecule has 0 bridgehead atoms. The maximum absolute atomic E-state index is 12.7. The molecule has 6 nitrogen and oxygen atoms in total. The summed E-state index contributed by atoms with van der Waals surface area (Å²) >= 11 is 0. The standard InChI is InChI=1S/C21H23N3O3/c1-4-23-20(26)17-7-5-6-8-18(17)24(21(23)27)13-19(25)22-16-11-9-15(10-12-16)14(2)3/h5-12,14H,4,13H2,1-3H3,(H,22,25). The second-order valence-electron chi connectivity index (χ2n) is 6.76. The van der Waals surface area contributed by atoms with Gasteiger partial charge in [-0.15, -0.1) is 0 Å². The number of hydrogen-bond donors (Lipinski definition) is 1. The first-order valence-electron chi connectivity index (χ1n) is 9.04. The van der Waals surface area contributed by atoms with Crippen LogP contribution in [0.5, 0.6) is 0 Å². The van der Waals surface area contributed by atoms with E-state index in [0.717, 1.165) is 4.57 Å². The number of carbonyl (C=O) groups is 1. The lowest BCUT2D eigenvalue weighted by Crippen LogP contribution is -2.41. The first kappa shape index (κ1) is 18.6. The molecule has 1 heterocycles. The van der Waals surface area contributed by atoms with E-state index in [2.05, 4.69) is 19.2 Å². The normalized spacial score (nSPS) is 11.1. The highest BCUT2D eigenvalue weighted by molar-refractivity contribution is 5.91. The van der Waals surface area contributed by atoms with Crippen LogP contribution < -0.4 is 16.6 Å². The van der Waals surface area contributed by atoms with E-state index < -0.39 is 5.69 Å². The number of hydrogen-bond acceptors (Lipinski definition) is 3. The van der Waals surface area contributed by atoms with Crippen molar-refractivity contribution in [1.29, 1.82) is 0 Å². The van der Waals surface area contributed by atoms with Crippen LogP contribution in [0.1, 0.15) is 32.3 Å². The topological polar surface area (TPSA) is 73.1 Å². The summed E-state index contributed by atoms with van der Waals surface area (Å²) in [5.41, 5.74) is 1.50. The lowest BCUT2D eigenvalue weighted by atomic mass is 10.0. The number of fused-ring (bicyclic) bond motifs is 1. The monoisotopic (exact) mass is 365 g/mol. The number of aromatic nitrogens is 2. The van der Waals surface area contributed by atoms with Crippen molar-refractivity contribution in [2.75, 3.05) is 5.32 Å². The van der Waals surface area contributed by atoms with E-state index in [1.165, 1.54) is 10.1 Å². The molecule has 3 aromatic rings. The minimum Gasteiger partial charge on any atom is -0.325 e. The smallest absolute Gasteiger partial charge is 0.325 e. The van der Waals surface area contributed by atoms with Crippen molar-refractivity contribution >= 4 is 22.5 Å². The van der Waals surface area contributed by atoms with Gasteiger partial charge in [0.05, 0.1) is 10.9 Å². The third kappa shape index (κ3) is 3.69. The first-order chi connectivity index (χ1) is 12.9. The van der Waals surface area contributed by atoms with E-state index in [1.54, 1.807) is 31.2 Å². The summed E-state index contributed by atoms with van der Waals surface area (Å²) in [6.07, 6.45) is 0. The van der Waals surface area contributed by atoms with Crippen LogP contribution in [0.15, 0.2) is 58.1 Å². The van der Waals surface area contributed by atoms with Crippen molar-refractivity contribution in [1.82, 2.24) is 9.13 Å². The Morgan fingerprint density at radius 1 is 1.00 bits per heavy atom. The molecule has 0 aliphatic rings. The molecule has 27 heavy (non-hydrogen) atoms. The van der Waals surface area contributed by atoms with Crippen LogP contribution in [0.2, 0.25) is 0 Å². The number of anilines is 1. The molecule has 1 amide bonds. The molecule has 0 unspecified atom stereocenters. The molecule has 0 atom stereocenters. The maximum atomic E-state index is 12.7. The van der Waals surface area contributed by atoms with E-state index in [0.29, 0.717) is 22.5 Å². The third-order valence-electron chi connectivity index (χ3n) is 4.61. The van der Waals surface area contributed by atoms with E-state index in [1.807, 2.05) is 24.3 Å². The van der Waals surface area contributed by atoms with Gasteiger partial charge in [-0.05, 0) is 42.7 Å². The quantitative estimate of drug-likeness (QED) is 0.755. The average Bonchev–Trinajstić information content (AvgIpc) is 2.66. The summed E-state index contributed by atoms with van der Waals surface area (Å²) < 4.78 is 2.49. The Hall–Kier alpha value is -3.15. The number of nitrogens with zero attached hydrogens (tertiary/aromatic N) is 2. The maximum Gasteiger partial charge on any atom is 0.331 e. The minimum atomic E-state index is -0.480. The van der Waals surface area contributed by atoms with Crippen LogP contribution in [-0.4, -0.2) is 15.0 Å². The Labute approximate surface area is 157 Å². The largest absolute Gasteiger partial charge is 0.331 e. The second kappa shape index (κ2) is 7.61. The molecule has 0 saturated carbocycles. The van der Waals surface area contributed by atoms with Crippen LogP contribution in [0.3, 0.4) is 0 Å². The van der Waals surface area contributed by atoms with Gasteiger partial charge < -0.3 is 5.32 Å². The van der Waals surface area contributed by atoms with Crippen LogP contribution in [-0.2, 0) is 17.9 Å². The fourth-order valence-corrected chi connectivity index (χ4v) is 3.10. The Morgan fingerprint density at radius 3 is 2.30 bits per heavy atom. The lowest BCUT2D eigenvalue weighted by molar-refractivity contribution is -0.116. The Balaban J connectivity index is 1.93. The molecule has 1 aromatic heterocycles. The molecule has 0 saturated heterocycles. The SMILES string of the molecule is CCn1c(=O)c2ccccc2n(CC(=O)Nc2ccc(C(C)C)cc2)c1=O. The van der Waals surface area contributed by atoms with Crippen LogP contribution in [0.25, 0.3) is 10.9 Å². The molecule has 0 fully saturated rings. The minimum absolute atomic E-state index is 0.161. The van der Waals surface area contributed by atoms with Crippen molar-refractivity contribution < 1.29 is 4.79 Å². The predicted octanol–water partition coefficient (Wildman–Crippen LogP) is 2.95. The summed E-state index contributed by atoms with van der Waals surface area (Å²) in [6, 6.07) is 14.5. The fourth-order valence-electron chi connectivity index (χ4n) is 3.10. The zero-order chi connectivity index (χ0) is 19.6. The van der Waals surface area contributed by atoms with Crippen molar-refractivity contribution in [3.05, 3.63) is 74.9 Å². The Bertz CT molecular complexity index is 1090. The van der Waals surface area contributed by atoms with Gasteiger partial charge in [-0.2, -0.15) is 0 Å². The van der Waals surface area contributed by atoms with Gasteiger partial charge in [-0.25, -0.2) is 4.79 Å². The number of rotatable bonds is 5. The molecular weight excluding hydrogens is 342 g/mol. The molecule has 3 rings (SSSR count). The second-order valence-corrected chi connectivity index (χ2v) is 6.76. The highest BCUT2D eigenvalue weighted by Gasteiger charge is 2.14. The van der Waals surface area contributed by atoms with Crippen molar-refractivity contribution in [3.8, 4) is 0 Å². The molecule has 0 radical (unpaired) electrons. The number of benzene rings is 2. The zero-order valence-electron chi connectivity index (χ0n) is 15.7. The van der Waals surface area contributed by atoms with Crippen LogP contribution in [0.4, 0.5) is 5.69 Å². The Morgan fingerprint density at radius 2 is 1.67 bits per heavy atom. The van der Waals surface area contributed by atoms with E-state index in [-0.39, 0.29) is 24.6 Å². The van der Waals surface area contributed by atoms with E-state index in [4.69, 9.17) is 0 Å². The highest BCUT2D eigenvalue weighted by atomic mass is 16.2. The molecule has 0 spiro atoms. The van der Waals surface area contributed by atoms with E-state index >= 15 is 0 Å². The highest BCUT2D eigenvalue weighted by Crippen LogP contribution is 2.17. The van der Waals surface area contributed by atoms with Crippen molar-refractivity contribution in [2.45, 2.75) is 39.8 Å². The summed E-state index contributed by atoms with van der Waals surface area (Å²) in [6.45, 7) is 6.03. The van der Waals surface area contributed by atoms with Crippen molar-refractivity contribution in [2.24, 2.45) is 0 Å². The third-order valence-corrected chi connectivity index (χ3v) is 4.61. The van der Waals surface area contributed by atoms with E-state index in [9.17, 15) is 14.4 Å². The molecule has 0 aliphatic heterocycles. The van der Waals surface area contributed by atoms with Gasteiger partial charge in [0.1, 0.15) is 6.54 Å². The lowest BCUT2D eigenvalue weighted by Gasteiger charge is -2.13. The fraction of sp³-hybridized carbons (Fsp3) is 0.286. The van der Waals surface area contributed by atoms with Crippen LogP contribution >= 0.6 is 0 Å². The molecule has 6 heteroatoms. The van der Waals surface area contributed by atoms with Gasteiger partial charge in [-0.3, -0.25) is 18.7 Å². The summed E-state index contributed by atoms with van der Waals surface area (Å²) in [4.78, 5) is 37.7. The predicted molar refractivity (Wildman–Crippen MR) is 107 cm³/mol. The summed E-state index contributed by atoms with van der Waals surface area (Å²) in [5, 5.41) is 3.24. The van der Waals surface area contributed by atoms with Gasteiger partial charge in [-0.1, -0.05) is 38.1 Å². The number of amides is 1. The molecule has 0 aliphatic carbocycles. The molecular formula is C21H23N3O3. The summed E-state index contributed by atoms with van der Waals surface area (Å²) in [7, 11) is 0. The average molecular weight is 365 g/mol. The first-order valence-corrected chi connectivity index (χ1v) is 9.04. The van der Waals surface area contributed by atoms with Gasteiger partial charge >= 0.3 is 5.69 Å². The number of para-hydroxylation sites is 1.